The lowest BCUT2D eigenvalue weighted by Crippen LogP contribution is -2.41. The van der Waals surface area contributed by atoms with E-state index in [0.717, 1.165) is 5.69 Å². The molecule has 0 saturated heterocycles. The van der Waals surface area contributed by atoms with Gasteiger partial charge in [-0.3, -0.25) is 9.59 Å². The van der Waals surface area contributed by atoms with E-state index in [1.165, 1.54) is 12.4 Å². The molecule has 1 heterocycles. The van der Waals surface area contributed by atoms with E-state index >= 15 is 0 Å². The first-order valence-corrected chi connectivity index (χ1v) is 8.00. The van der Waals surface area contributed by atoms with Gasteiger partial charge in [-0.25, -0.2) is 9.67 Å². The molecule has 2 aromatic rings. The van der Waals surface area contributed by atoms with Crippen molar-refractivity contribution in [2.75, 3.05) is 5.32 Å². The molecule has 1 aromatic heterocycles. The second-order valence-corrected chi connectivity index (χ2v) is 6.81. The van der Waals surface area contributed by atoms with Gasteiger partial charge in [-0.1, -0.05) is 26.8 Å². The first-order chi connectivity index (χ1) is 11.7. The Balaban J connectivity index is 1.90. The molecule has 1 atom stereocenters. The Morgan fingerprint density at radius 1 is 1.20 bits per heavy atom. The molecule has 1 aromatic carbocycles. The number of anilines is 1. The summed E-state index contributed by atoms with van der Waals surface area (Å²) >= 11 is 0. The van der Waals surface area contributed by atoms with Gasteiger partial charge in [-0.15, -0.1) is 0 Å². The number of nitrogens with one attached hydrogen (secondary N) is 2. The number of rotatable bonds is 5. The zero-order valence-corrected chi connectivity index (χ0v) is 14.9. The van der Waals surface area contributed by atoms with Crippen LogP contribution in [0.3, 0.4) is 0 Å². The first-order valence-electron chi connectivity index (χ1n) is 8.00. The number of benzene rings is 1. The second-order valence-electron chi connectivity index (χ2n) is 6.81. The minimum absolute atomic E-state index is 0.0886. The van der Waals surface area contributed by atoms with E-state index in [2.05, 4.69) is 20.7 Å². The summed E-state index contributed by atoms with van der Waals surface area (Å²) in [6.45, 7) is 7.63. The highest BCUT2D eigenvalue weighted by Gasteiger charge is 2.15. The van der Waals surface area contributed by atoms with E-state index in [1.54, 1.807) is 36.1 Å². The lowest BCUT2D eigenvalue weighted by molar-refractivity contribution is -0.123. The number of carbonyl (C=O) groups excluding carboxylic acids is 2. The van der Waals surface area contributed by atoms with Crippen LogP contribution in [0.25, 0.3) is 5.69 Å². The molecular weight excluding hydrogens is 318 g/mol. The minimum Gasteiger partial charge on any atom is -0.341 e. The predicted octanol–water partition coefficient (Wildman–Crippen LogP) is 2.31. The van der Waals surface area contributed by atoms with E-state index in [0.29, 0.717) is 5.69 Å². The zero-order chi connectivity index (χ0) is 18.4. The van der Waals surface area contributed by atoms with Gasteiger partial charge in [0.05, 0.1) is 5.69 Å². The maximum absolute atomic E-state index is 12.2. The largest absolute Gasteiger partial charge is 0.341 e. The van der Waals surface area contributed by atoms with Crippen LogP contribution in [0.5, 0.6) is 0 Å². The van der Waals surface area contributed by atoms with Crippen molar-refractivity contribution in [1.82, 2.24) is 20.1 Å². The van der Waals surface area contributed by atoms with Gasteiger partial charge in [-0.2, -0.15) is 5.10 Å². The molecular formula is C18H23N5O2. The van der Waals surface area contributed by atoms with Crippen LogP contribution in [-0.2, 0) is 9.59 Å². The molecule has 0 spiro atoms. The molecule has 0 saturated carbocycles. The molecule has 7 heteroatoms. The molecule has 0 aliphatic heterocycles. The van der Waals surface area contributed by atoms with E-state index in [4.69, 9.17) is 0 Å². The van der Waals surface area contributed by atoms with Crippen molar-refractivity contribution in [1.29, 1.82) is 0 Å². The predicted molar refractivity (Wildman–Crippen MR) is 96.2 cm³/mol. The maximum Gasteiger partial charge on any atom is 0.246 e. The van der Waals surface area contributed by atoms with E-state index < -0.39 is 6.04 Å². The van der Waals surface area contributed by atoms with Crippen LogP contribution in [0.15, 0.2) is 49.1 Å². The summed E-state index contributed by atoms with van der Waals surface area (Å²) in [4.78, 5) is 27.9. The van der Waals surface area contributed by atoms with Crippen LogP contribution in [-0.4, -0.2) is 32.6 Å². The molecule has 2 rings (SSSR count). The van der Waals surface area contributed by atoms with Crippen molar-refractivity contribution < 1.29 is 9.59 Å². The van der Waals surface area contributed by atoms with Crippen LogP contribution in [0.1, 0.15) is 27.7 Å². The molecule has 0 radical (unpaired) electrons. The third-order valence-corrected chi connectivity index (χ3v) is 3.30. The Hall–Kier alpha value is -2.96. The topological polar surface area (TPSA) is 88.9 Å². The Morgan fingerprint density at radius 2 is 1.88 bits per heavy atom. The fourth-order valence-electron chi connectivity index (χ4n) is 1.94. The number of carbonyl (C=O) groups is 2. The molecule has 132 valence electrons. The van der Waals surface area contributed by atoms with Gasteiger partial charge in [-0.05, 0) is 42.7 Å². The molecule has 2 N–H and O–H groups in total. The number of aromatic nitrogens is 3. The Labute approximate surface area is 147 Å². The van der Waals surface area contributed by atoms with Gasteiger partial charge in [0.25, 0.3) is 0 Å². The highest BCUT2D eigenvalue weighted by atomic mass is 16.2. The van der Waals surface area contributed by atoms with Crippen LogP contribution >= 0.6 is 0 Å². The number of hydrogen-bond donors (Lipinski definition) is 2. The highest BCUT2D eigenvalue weighted by Crippen LogP contribution is 2.14. The zero-order valence-electron chi connectivity index (χ0n) is 14.9. The molecule has 25 heavy (non-hydrogen) atoms. The van der Waals surface area contributed by atoms with E-state index in [1.807, 2.05) is 32.9 Å². The summed E-state index contributed by atoms with van der Waals surface area (Å²) in [6.07, 6.45) is 6.30. The lowest BCUT2D eigenvalue weighted by Gasteiger charge is -2.14. The number of amides is 2. The SMILES string of the molecule is CC(NC(=O)/C=C/C(C)(C)C)C(=O)Nc1ccc(-n2cncn2)cc1. The van der Waals surface area contributed by atoms with Gasteiger partial charge in [0.15, 0.2) is 0 Å². The molecule has 7 nitrogen and oxygen atoms in total. The Morgan fingerprint density at radius 3 is 2.44 bits per heavy atom. The van der Waals surface area contributed by atoms with Gasteiger partial charge < -0.3 is 10.6 Å². The van der Waals surface area contributed by atoms with Gasteiger partial charge in [0.1, 0.15) is 18.7 Å². The van der Waals surface area contributed by atoms with Crippen molar-refractivity contribution in [3.63, 3.8) is 0 Å². The summed E-state index contributed by atoms with van der Waals surface area (Å²) < 4.78 is 1.62. The monoisotopic (exact) mass is 341 g/mol. The quantitative estimate of drug-likeness (QED) is 0.817. The number of allylic oxidation sites excluding steroid dienone is 1. The summed E-state index contributed by atoms with van der Waals surface area (Å²) in [5.74, 6) is -0.579. The van der Waals surface area contributed by atoms with Crippen LogP contribution in [0.4, 0.5) is 5.69 Å². The second kappa shape index (κ2) is 7.74. The fourth-order valence-corrected chi connectivity index (χ4v) is 1.94. The number of hydrogen-bond acceptors (Lipinski definition) is 4. The van der Waals surface area contributed by atoms with E-state index in [9.17, 15) is 9.59 Å². The third-order valence-electron chi connectivity index (χ3n) is 3.30. The Kier molecular flexibility index (Phi) is 5.69. The molecule has 0 aliphatic carbocycles. The van der Waals surface area contributed by atoms with Crippen molar-refractivity contribution in [2.45, 2.75) is 33.7 Å². The van der Waals surface area contributed by atoms with Crippen LogP contribution in [0, 0.1) is 5.41 Å². The molecule has 0 fully saturated rings. The van der Waals surface area contributed by atoms with Gasteiger partial charge in [0.2, 0.25) is 11.8 Å². The van der Waals surface area contributed by atoms with Crippen LogP contribution < -0.4 is 10.6 Å². The summed E-state index contributed by atoms with van der Waals surface area (Å²) in [5, 5.41) is 9.45. The van der Waals surface area contributed by atoms with Crippen LogP contribution in [0.2, 0.25) is 0 Å². The van der Waals surface area contributed by atoms with Crippen molar-refractivity contribution in [3.8, 4) is 5.69 Å². The minimum atomic E-state index is -0.646. The van der Waals surface area contributed by atoms with Crippen molar-refractivity contribution >= 4 is 17.5 Å². The normalized spacial score (nSPS) is 12.8. The van der Waals surface area contributed by atoms with Crippen molar-refractivity contribution in [2.24, 2.45) is 5.41 Å². The number of nitrogens with zero attached hydrogens (tertiary/aromatic N) is 3. The highest BCUT2D eigenvalue weighted by molar-refractivity contribution is 5.98. The first kappa shape index (κ1) is 18.4. The summed E-state index contributed by atoms with van der Waals surface area (Å²) in [7, 11) is 0. The third kappa shape index (κ3) is 5.87. The van der Waals surface area contributed by atoms with E-state index in [-0.39, 0.29) is 17.2 Å². The smallest absolute Gasteiger partial charge is 0.246 e. The Bertz CT molecular complexity index is 743. The average Bonchev–Trinajstić information content (AvgIpc) is 3.07. The lowest BCUT2D eigenvalue weighted by atomic mass is 9.96. The summed E-state index contributed by atoms with van der Waals surface area (Å²) in [5.41, 5.74) is 1.39. The molecule has 1 unspecified atom stereocenters. The molecule has 0 bridgehead atoms. The molecule has 0 aliphatic rings. The maximum atomic E-state index is 12.2. The fraction of sp³-hybridized carbons (Fsp3) is 0.333. The van der Waals surface area contributed by atoms with Crippen molar-refractivity contribution in [3.05, 3.63) is 49.1 Å². The standard InChI is InChI=1S/C18H23N5O2/c1-13(21-16(24)9-10-18(2,3)4)17(25)22-14-5-7-15(8-6-14)23-12-19-11-20-23/h5-13H,1-4H3,(H,21,24)(H,22,25)/b10-9+. The van der Waals surface area contributed by atoms with Gasteiger partial charge >= 0.3 is 0 Å². The average molecular weight is 341 g/mol. The van der Waals surface area contributed by atoms with Gasteiger partial charge in [0, 0.05) is 5.69 Å². The molecule has 2 amide bonds. The summed E-state index contributed by atoms with van der Waals surface area (Å²) in [6, 6.07) is 6.53.